The smallest absolute Gasteiger partial charge is 0.417 e. The van der Waals surface area contributed by atoms with Crippen LogP contribution in [0.3, 0.4) is 0 Å². The molecule has 37 heavy (non-hydrogen) atoms. The third-order valence-corrected chi connectivity index (χ3v) is 7.87. The highest BCUT2D eigenvalue weighted by Crippen LogP contribution is 2.41. The van der Waals surface area contributed by atoms with Gasteiger partial charge in [-0.15, -0.1) is 0 Å². The lowest BCUT2D eigenvalue weighted by molar-refractivity contribution is -0.180. The molecule has 0 bridgehead atoms. The average molecular weight is 541 g/mol. The number of hydrogen-bond donors (Lipinski definition) is 1. The molecule has 0 radical (unpaired) electrons. The summed E-state index contributed by atoms with van der Waals surface area (Å²) in [5.74, 6) is -2.29. The lowest BCUT2D eigenvalue weighted by Crippen LogP contribution is -2.49. The van der Waals surface area contributed by atoms with Crippen LogP contribution in [0.25, 0.3) is 0 Å². The van der Waals surface area contributed by atoms with Crippen molar-refractivity contribution in [2.75, 3.05) is 4.72 Å². The second kappa shape index (κ2) is 11.2. The number of esters is 1. The number of ether oxygens (including phenoxy) is 1. The Morgan fingerprint density at radius 1 is 1.11 bits per heavy atom. The number of Topliss-reactive ketones (excluding diaryl/α,β-unsaturated/α-hetero) is 1. The van der Waals surface area contributed by atoms with Crippen LogP contribution in [0.2, 0.25) is 0 Å². The molecule has 1 saturated heterocycles. The first-order chi connectivity index (χ1) is 17.4. The maximum Gasteiger partial charge on any atom is 0.417 e. The molecule has 2 atom stereocenters. The highest BCUT2D eigenvalue weighted by molar-refractivity contribution is 7.92. The molecular formula is C26H31F3N2O5S. The number of sulfonamides is 1. The van der Waals surface area contributed by atoms with Gasteiger partial charge in [0.15, 0.2) is 10.8 Å². The highest BCUT2D eigenvalue weighted by Gasteiger charge is 2.48. The van der Waals surface area contributed by atoms with Gasteiger partial charge in [0.25, 0.3) is 10.0 Å². The average Bonchev–Trinajstić information content (AvgIpc) is 2.81. The van der Waals surface area contributed by atoms with Crippen LogP contribution in [0.15, 0.2) is 47.6 Å². The predicted octanol–water partition coefficient (Wildman–Crippen LogP) is 5.87. The van der Waals surface area contributed by atoms with E-state index in [0.717, 1.165) is 18.9 Å². The summed E-state index contributed by atoms with van der Waals surface area (Å²) >= 11 is 0. The molecule has 0 amide bonds. The number of hydrogen-bond acceptors (Lipinski definition) is 6. The van der Waals surface area contributed by atoms with Gasteiger partial charge in [-0.05, 0) is 49.1 Å². The molecule has 2 unspecified atom stereocenters. The molecule has 2 aromatic rings. The molecule has 202 valence electrons. The summed E-state index contributed by atoms with van der Waals surface area (Å²) in [5.41, 5.74) is -1.15. The van der Waals surface area contributed by atoms with E-state index >= 15 is 0 Å². The third kappa shape index (κ3) is 6.49. The zero-order chi connectivity index (χ0) is 27.4. The van der Waals surface area contributed by atoms with Gasteiger partial charge in [-0.3, -0.25) is 14.3 Å². The number of aromatic nitrogens is 1. The first kappa shape index (κ1) is 28.6. The van der Waals surface area contributed by atoms with Gasteiger partial charge in [-0.25, -0.2) is 4.98 Å². The van der Waals surface area contributed by atoms with Gasteiger partial charge in [0.05, 0.1) is 5.56 Å². The fourth-order valence-corrected chi connectivity index (χ4v) is 5.97. The lowest BCUT2D eigenvalue weighted by Gasteiger charge is -2.40. The van der Waals surface area contributed by atoms with Gasteiger partial charge in [-0.2, -0.15) is 21.6 Å². The minimum Gasteiger partial charge on any atom is -0.458 e. The topological polar surface area (TPSA) is 102 Å². The highest BCUT2D eigenvalue weighted by atomic mass is 32.2. The Labute approximate surface area is 214 Å². The zero-order valence-corrected chi connectivity index (χ0v) is 21.8. The Hall–Kier alpha value is -2.95. The molecular weight excluding hydrogens is 509 g/mol. The standard InChI is InChI=1S/C26H31F3N2O5S/c1-4-12-25(13-5-2)15-21(32)23(24(33)36-25)20(6-3)17-8-7-9-19(14-17)31-37(34,35)22-11-10-18(16-30-22)26(27,28)29/h7-11,14,16,20,23,31H,4-6,12-13,15H2,1-3H3. The van der Waals surface area contributed by atoms with E-state index in [1.54, 1.807) is 12.1 Å². The second-order valence-electron chi connectivity index (χ2n) is 9.35. The van der Waals surface area contributed by atoms with E-state index in [4.69, 9.17) is 4.74 Å². The Bertz CT molecular complexity index is 1200. The van der Waals surface area contributed by atoms with Crippen molar-refractivity contribution < 1.29 is 35.9 Å². The number of benzene rings is 1. The molecule has 11 heteroatoms. The van der Waals surface area contributed by atoms with Crippen LogP contribution >= 0.6 is 0 Å². The summed E-state index contributed by atoms with van der Waals surface area (Å²) in [6.45, 7) is 5.78. The van der Waals surface area contributed by atoms with Crippen molar-refractivity contribution in [3.63, 3.8) is 0 Å². The van der Waals surface area contributed by atoms with Crippen molar-refractivity contribution in [3.8, 4) is 0 Å². The monoisotopic (exact) mass is 540 g/mol. The van der Waals surface area contributed by atoms with Gasteiger partial charge in [0, 0.05) is 24.2 Å². The molecule has 3 rings (SSSR count). The fourth-order valence-electron chi connectivity index (χ4n) is 4.99. The molecule has 2 heterocycles. The zero-order valence-electron chi connectivity index (χ0n) is 21.0. The van der Waals surface area contributed by atoms with E-state index in [9.17, 15) is 31.2 Å². The number of halogens is 3. The summed E-state index contributed by atoms with van der Waals surface area (Å²) in [6, 6.07) is 7.67. The van der Waals surface area contributed by atoms with E-state index in [0.29, 0.717) is 37.1 Å². The number of nitrogens with zero attached hydrogens (tertiary/aromatic N) is 1. The van der Waals surface area contributed by atoms with Crippen LogP contribution < -0.4 is 4.72 Å². The van der Waals surface area contributed by atoms with Gasteiger partial charge in [0.1, 0.15) is 11.5 Å². The van der Waals surface area contributed by atoms with Crippen LogP contribution in [0.1, 0.15) is 76.3 Å². The predicted molar refractivity (Wildman–Crippen MR) is 131 cm³/mol. The number of rotatable bonds is 10. The third-order valence-electron chi connectivity index (χ3n) is 6.57. The molecule has 1 N–H and O–H groups in total. The maximum atomic E-state index is 13.2. The molecule has 0 saturated carbocycles. The summed E-state index contributed by atoms with van der Waals surface area (Å²) in [4.78, 5) is 29.8. The summed E-state index contributed by atoms with van der Waals surface area (Å²) in [6.07, 6.45) is -0.846. The molecule has 1 aliphatic heterocycles. The number of cyclic esters (lactones) is 1. The van der Waals surface area contributed by atoms with Gasteiger partial charge in [-0.1, -0.05) is 45.7 Å². The van der Waals surface area contributed by atoms with Crippen molar-refractivity contribution in [1.82, 2.24) is 4.98 Å². The maximum absolute atomic E-state index is 13.2. The van der Waals surface area contributed by atoms with E-state index < -0.39 is 50.2 Å². The molecule has 1 aromatic carbocycles. The Balaban J connectivity index is 1.84. The van der Waals surface area contributed by atoms with Crippen molar-refractivity contribution >= 4 is 27.5 Å². The largest absolute Gasteiger partial charge is 0.458 e. The van der Waals surface area contributed by atoms with Crippen LogP contribution in [0, 0.1) is 5.92 Å². The van der Waals surface area contributed by atoms with Crippen molar-refractivity contribution in [2.24, 2.45) is 5.92 Å². The molecule has 0 aliphatic carbocycles. The Kier molecular flexibility index (Phi) is 8.66. The lowest BCUT2D eigenvalue weighted by atomic mass is 9.74. The summed E-state index contributed by atoms with van der Waals surface area (Å²) in [7, 11) is -4.29. The fraction of sp³-hybridized carbons (Fsp3) is 0.500. The van der Waals surface area contributed by atoms with Crippen LogP contribution in [0.4, 0.5) is 18.9 Å². The number of carbonyl (C=O) groups is 2. The number of ketones is 1. The van der Waals surface area contributed by atoms with E-state index in [1.165, 1.54) is 12.1 Å². The first-order valence-corrected chi connectivity index (χ1v) is 13.8. The number of alkyl halides is 3. The molecule has 0 spiro atoms. The molecule has 1 fully saturated rings. The minimum absolute atomic E-state index is 0.126. The second-order valence-corrected chi connectivity index (χ2v) is 11.0. The van der Waals surface area contributed by atoms with Crippen LogP contribution in [0.5, 0.6) is 0 Å². The van der Waals surface area contributed by atoms with Crippen molar-refractivity contribution in [3.05, 3.63) is 53.7 Å². The Morgan fingerprint density at radius 3 is 2.30 bits per heavy atom. The number of nitrogens with one attached hydrogen (secondary N) is 1. The van der Waals surface area contributed by atoms with Gasteiger partial charge in [0.2, 0.25) is 0 Å². The number of anilines is 1. The quantitative estimate of drug-likeness (QED) is 0.299. The normalized spacial score (nSPS) is 18.8. The van der Waals surface area contributed by atoms with E-state index in [1.807, 2.05) is 20.8 Å². The number of carbonyl (C=O) groups excluding carboxylic acids is 2. The van der Waals surface area contributed by atoms with Crippen LogP contribution in [-0.2, 0) is 30.5 Å². The van der Waals surface area contributed by atoms with E-state index in [-0.39, 0.29) is 17.9 Å². The van der Waals surface area contributed by atoms with Crippen molar-refractivity contribution in [2.45, 2.75) is 82.0 Å². The van der Waals surface area contributed by atoms with Gasteiger partial charge < -0.3 is 4.74 Å². The van der Waals surface area contributed by atoms with Crippen LogP contribution in [-0.4, -0.2) is 30.8 Å². The van der Waals surface area contributed by atoms with E-state index in [2.05, 4.69) is 9.71 Å². The molecule has 7 nitrogen and oxygen atoms in total. The summed E-state index contributed by atoms with van der Waals surface area (Å²) < 4.78 is 72.0. The van der Waals surface area contributed by atoms with Gasteiger partial charge >= 0.3 is 12.1 Å². The SMILES string of the molecule is CCCC1(CCC)CC(=O)C(C(CC)c2cccc(NS(=O)(=O)c3ccc(C(F)(F)F)cn3)c2)C(=O)O1. The molecule has 1 aromatic heterocycles. The summed E-state index contributed by atoms with van der Waals surface area (Å²) in [5, 5.41) is -0.577. The first-order valence-electron chi connectivity index (χ1n) is 12.3. The molecule has 1 aliphatic rings. The minimum atomic E-state index is -4.64. The van der Waals surface area contributed by atoms with Crippen molar-refractivity contribution in [1.29, 1.82) is 0 Å². The number of pyridine rings is 1. The Morgan fingerprint density at radius 2 is 1.78 bits per heavy atom.